The third-order valence-electron chi connectivity index (χ3n) is 2.37. The zero-order chi connectivity index (χ0) is 11.5. The molecule has 2 aromatic heterocycles. The summed E-state index contributed by atoms with van der Waals surface area (Å²) in [6.07, 6.45) is 2.41. The third-order valence-corrected chi connectivity index (χ3v) is 3.30. The maximum atomic E-state index is 11.5. The van der Waals surface area contributed by atoms with Gasteiger partial charge in [0.2, 0.25) is 0 Å². The summed E-state index contributed by atoms with van der Waals surface area (Å²) in [5.74, 6) is 0. The molecule has 0 aliphatic carbocycles. The molecule has 0 saturated carbocycles. The highest BCUT2D eigenvalue weighted by Crippen LogP contribution is 2.09. The summed E-state index contributed by atoms with van der Waals surface area (Å²) in [6.45, 7) is 2.29. The minimum atomic E-state index is -0.341. The number of hydrogen-bond acceptors (Lipinski definition) is 3. The monoisotopic (exact) mass is 236 g/mol. The summed E-state index contributed by atoms with van der Waals surface area (Å²) in [6, 6.07) is 4.02. The molecule has 2 rings (SSSR count). The Morgan fingerprint density at radius 2 is 2.25 bits per heavy atom. The summed E-state index contributed by atoms with van der Waals surface area (Å²) < 4.78 is 1.54. The van der Waals surface area contributed by atoms with Crippen LogP contribution in [-0.2, 0) is 13.0 Å². The second-order valence-electron chi connectivity index (χ2n) is 3.59. The molecule has 4 nitrogen and oxygen atoms in total. The van der Waals surface area contributed by atoms with Gasteiger partial charge in [-0.05, 0) is 24.8 Å². The number of aromatic amines is 1. The summed E-state index contributed by atoms with van der Waals surface area (Å²) in [5.41, 5.74) is -0.0877. The molecule has 5 heteroatoms. The van der Waals surface area contributed by atoms with Crippen LogP contribution in [0.4, 0.5) is 0 Å². The van der Waals surface area contributed by atoms with E-state index in [2.05, 4.69) is 4.98 Å². The zero-order valence-electron chi connectivity index (χ0n) is 8.90. The molecule has 84 valence electrons. The van der Waals surface area contributed by atoms with Crippen LogP contribution in [0, 0.1) is 6.92 Å². The predicted molar refractivity (Wildman–Crippen MR) is 64.1 cm³/mol. The van der Waals surface area contributed by atoms with Crippen molar-refractivity contribution in [2.24, 2.45) is 0 Å². The Hall–Kier alpha value is -1.62. The molecule has 0 atom stereocenters. The molecule has 16 heavy (non-hydrogen) atoms. The molecule has 0 aromatic carbocycles. The second kappa shape index (κ2) is 4.49. The number of nitrogens with one attached hydrogen (secondary N) is 1. The Labute approximate surface area is 96.2 Å². The number of hydrogen-bond donors (Lipinski definition) is 1. The number of aryl methyl sites for hydroxylation is 3. The van der Waals surface area contributed by atoms with Crippen molar-refractivity contribution in [3.8, 4) is 0 Å². The van der Waals surface area contributed by atoms with Crippen LogP contribution in [0.3, 0.4) is 0 Å². The largest absolute Gasteiger partial charge is 0.328 e. The van der Waals surface area contributed by atoms with Crippen molar-refractivity contribution < 1.29 is 0 Å². The van der Waals surface area contributed by atoms with Gasteiger partial charge in [0.15, 0.2) is 0 Å². The van der Waals surface area contributed by atoms with E-state index >= 15 is 0 Å². The Balaban J connectivity index is 2.19. The van der Waals surface area contributed by atoms with E-state index in [4.69, 9.17) is 0 Å². The smallest absolute Gasteiger partial charge is 0.300 e. The fourth-order valence-corrected chi connectivity index (χ4v) is 2.17. The van der Waals surface area contributed by atoms with E-state index in [0.29, 0.717) is 12.1 Å². The summed E-state index contributed by atoms with van der Waals surface area (Å²) >= 11 is 1.67. The number of thiophene rings is 1. The lowest BCUT2D eigenvalue weighted by Crippen LogP contribution is -2.31. The van der Waals surface area contributed by atoms with E-state index in [-0.39, 0.29) is 11.2 Å². The highest BCUT2D eigenvalue weighted by atomic mass is 32.1. The van der Waals surface area contributed by atoms with Gasteiger partial charge in [-0.25, -0.2) is 4.79 Å². The van der Waals surface area contributed by atoms with E-state index in [1.807, 2.05) is 17.5 Å². The molecule has 0 bridgehead atoms. The SMILES string of the molecule is Cc1cn(CCc2cccs2)c(=O)[nH]c1=O. The first-order valence-corrected chi connectivity index (χ1v) is 5.87. The van der Waals surface area contributed by atoms with E-state index in [1.54, 1.807) is 24.5 Å². The van der Waals surface area contributed by atoms with Gasteiger partial charge in [-0.3, -0.25) is 14.3 Å². The quantitative estimate of drug-likeness (QED) is 0.869. The Morgan fingerprint density at radius 3 is 2.94 bits per heavy atom. The van der Waals surface area contributed by atoms with Gasteiger partial charge in [-0.1, -0.05) is 6.07 Å². The highest BCUT2D eigenvalue weighted by Gasteiger charge is 2.01. The van der Waals surface area contributed by atoms with Crippen molar-refractivity contribution in [3.05, 3.63) is 55.0 Å². The van der Waals surface area contributed by atoms with Crippen molar-refractivity contribution in [3.63, 3.8) is 0 Å². The normalized spacial score (nSPS) is 10.6. The molecule has 0 saturated heterocycles. The first kappa shape index (κ1) is 10.9. The van der Waals surface area contributed by atoms with Gasteiger partial charge < -0.3 is 0 Å². The van der Waals surface area contributed by atoms with Crippen molar-refractivity contribution >= 4 is 11.3 Å². The number of nitrogens with zero attached hydrogens (tertiary/aromatic N) is 1. The van der Waals surface area contributed by atoms with Gasteiger partial charge in [-0.15, -0.1) is 11.3 Å². The number of rotatable bonds is 3. The third kappa shape index (κ3) is 2.30. The summed E-state index contributed by atoms with van der Waals surface area (Å²) in [7, 11) is 0. The Kier molecular flexibility index (Phi) is 3.05. The first-order valence-electron chi connectivity index (χ1n) is 4.99. The standard InChI is InChI=1S/C11H12N2O2S/c1-8-7-13(11(15)12-10(8)14)5-4-9-3-2-6-16-9/h2-3,6-7H,4-5H2,1H3,(H,12,14,15). The van der Waals surface area contributed by atoms with Crippen LogP contribution in [0.1, 0.15) is 10.4 Å². The van der Waals surface area contributed by atoms with Crippen LogP contribution in [-0.4, -0.2) is 9.55 Å². The van der Waals surface area contributed by atoms with Crippen LogP contribution >= 0.6 is 11.3 Å². The Morgan fingerprint density at radius 1 is 1.44 bits per heavy atom. The van der Waals surface area contributed by atoms with Crippen molar-refractivity contribution in [1.82, 2.24) is 9.55 Å². The molecular formula is C11H12N2O2S. The average Bonchev–Trinajstić information content (AvgIpc) is 2.74. The molecule has 0 aliphatic heterocycles. The van der Waals surface area contributed by atoms with Gasteiger partial charge in [0, 0.05) is 23.2 Å². The van der Waals surface area contributed by atoms with Crippen molar-refractivity contribution in [2.75, 3.05) is 0 Å². The summed E-state index contributed by atoms with van der Waals surface area (Å²) in [4.78, 5) is 26.1. The minimum Gasteiger partial charge on any atom is -0.300 e. The average molecular weight is 236 g/mol. The van der Waals surface area contributed by atoms with Crippen LogP contribution in [0.5, 0.6) is 0 Å². The highest BCUT2D eigenvalue weighted by molar-refractivity contribution is 7.09. The molecule has 0 radical (unpaired) electrons. The van der Waals surface area contributed by atoms with E-state index < -0.39 is 0 Å². The van der Waals surface area contributed by atoms with Crippen LogP contribution in [0.25, 0.3) is 0 Å². The summed E-state index contributed by atoms with van der Waals surface area (Å²) in [5, 5.41) is 2.01. The van der Waals surface area contributed by atoms with E-state index in [0.717, 1.165) is 6.42 Å². The fourth-order valence-electron chi connectivity index (χ4n) is 1.47. The molecule has 0 amide bonds. The zero-order valence-corrected chi connectivity index (χ0v) is 9.71. The van der Waals surface area contributed by atoms with Crippen LogP contribution in [0.2, 0.25) is 0 Å². The molecule has 0 aliphatic rings. The van der Waals surface area contributed by atoms with Gasteiger partial charge >= 0.3 is 5.69 Å². The lowest BCUT2D eigenvalue weighted by atomic mass is 10.3. The molecular weight excluding hydrogens is 224 g/mol. The van der Waals surface area contributed by atoms with Gasteiger partial charge in [0.05, 0.1) is 0 Å². The molecule has 2 heterocycles. The Bertz CT molecular complexity index is 581. The molecule has 0 unspecified atom stereocenters. The van der Waals surface area contributed by atoms with Gasteiger partial charge in [-0.2, -0.15) is 0 Å². The molecule has 0 fully saturated rings. The molecule has 1 N–H and O–H groups in total. The van der Waals surface area contributed by atoms with Crippen LogP contribution < -0.4 is 11.2 Å². The predicted octanol–water partition coefficient (Wildman–Crippen LogP) is 1.15. The fraction of sp³-hybridized carbons (Fsp3) is 0.273. The maximum absolute atomic E-state index is 11.5. The van der Waals surface area contributed by atoms with E-state index in [1.165, 1.54) is 9.44 Å². The van der Waals surface area contributed by atoms with Crippen molar-refractivity contribution in [1.29, 1.82) is 0 Å². The lowest BCUT2D eigenvalue weighted by molar-refractivity contribution is 0.645. The minimum absolute atomic E-state index is 0.308. The topological polar surface area (TPSA) is 54.9 Å². The van der Waals surface area contributed by atoms with Gasteiger partial charge in [0.1, 0.15) is 0 Å². The van der Waals surface area contributed by atoms with Crippen molar-refractivity contribution in [2.45, 2.75) is 19.9 Å². The maximum Gasteiger partial charge on any atom is 0.328 e. The number of H-pyrrole nitrogens is 1. The second-order valence-corrected chi connectivity index (χ2v) is 4.63. The first-order chi connectivity index (χ1) is 7.66. The lowest BCUT2D eigenvalue weighted by Gasteiger charge is -2.04. The van der Waals surface area contributed by atoms with Crippen LogP contribution in [0.15, 0.2) is 33.3 Å². The molecule has 0 spiro atoms. The van der Waals surface area contributed by atoms with Gasteiger partial charge in [0.25, 0.3) is 5.56 Å². The number of aromatic nitrogens is 2. The van der Waals surface area contributed by atoms with E-state index in [9.17, 15) is 9.59 Å². The molecule has 2 aromatic rings.